The summed E-state index contributed by atoms with van der Waals surface area (Å²) >= 11 is 3.48. The van der Waals surface area contributed by atoms with Crippen LogP contribution in [0.3, 0.4) is 0 Å². The summed E-state index contributed by atoms with van der Waals surface area (Å²) in [5, 5.41) is 0. The molecular weight excluding hydrogens is 423 g/mol. The summed E-state index contributed by atoms with van der Waals surface area (Å²) in [5.41, 5.74) is 1.14. The zero-order valence-corrected chi connectivity index (χ0v) is 17.3. The number of hydrogen-bond donors (Lipinski definition) is 0. The van der Waals surface area contributed by atoms with Crippen molar-refractivity contribution in [1.29, 1.82) is 0 Å². The number of anilines is 1. The standard InChI is InChI=1S/C22H24BrFN2O2/c23-18-7-5-17(6-8-18)22(9-15-28-16-10-22)21(27)26-13-11-25(12-14-26)20-4-2-1-3-19(20)24/h1-8H,9-16H2. The van der Waals surface area contributed by atoms with Crippen LogP contribution in [0.2, 0.25) is 0 Å². The molecule has 0 aliphatic carbocycles. The monoisotopic (exact) mass is 446 g/mol. The van der Waals surface area contributed by atoms with Crippen molar-refractivity contribution in [2.45, 2.75) is 18.3 Å². The molecule has 0 N–H and O–H groups in total. The summed E-state index contributed by atoms with van der Waals surface area (Å²) in [5.74, 6) is -0.0376. The van der Waals surface area contributed by atoms with Crippen molar-refractivity contribution in [3.05, 3.63) is 64.4 Å². The van der Waals surface area contributed by atoms with Crippen molar-refractivity contribution in [2.75, 3.05) is 44.3 Å². The van der Waals surface area contributed by atoms with Gasteiger partial charge in [0, 0.05) is 43.9 Å². The topological polar surface area (TPSA) is 32.8 Å². The fourth-order valence-electron chi connectivity index (χ4n) is 4.28. The number of para-hydroxylation sites is 1. The maximum Gasteiger partial charge on any atom is 0.233 e. The van der Waals surface area contributed by atoms with Crippen LogP contribution < -0.4 is 4.90 Å². The molecule has 2 aliphatic heterocycles. The van der Waals surface area contributed by atoms with Crippen LogP contribution in [0.5, 0.6) is 0 Å². The highest BCUT2D eigenvalue weighted by Crippen LogP contribution is 2.37. The molecule has 2 heterocycles. The van der Waals surface area contributed by atoms with Crippen LogP contribution in [-0.4, -0.2) is 50.2 Å². The van der Waals surface area contributed by atoms with Gasteiger partial charge in [-0.05, 0) is 42.7 Å². The second kappa shape index (κ2) is 8.21. The number of ether oxygens (including phenoxy) is 1. The minimum Gasteiger partial charge on any atom is -0.381 e. The van der Waals surface area contributed by atoms with E-state index in [1.54, 1.807) is 12.1 Å². The average molecular weight is 447 g/mol. The van der Waals surface area contributed by atoms with Gasteiger partial charge in [0.25, 0.3) is 0 Å². The lowest BCUT2D eigenvalue weighted by atomic mass is 9.73. The molecule has 2 aromatic rings. The highest BCUT2D eigenvalue weighted by atomic mass is 79.9. The molecule has 0 saturated carbocycles. The third-order valence-corrected chi connectivity index (χ3v) is 6.44. The predicted molar refractivity (Wildman–Crippen MR) is 111 cm³/mol. The smallest absolute Gasteiger partial charge is 0.233 e. The second-order valence-corrected chi connectivity index (χ2v) is 8.35. The van der Waals surface area contributed by atoms with Crippen LogP contribution in [0.4, 0.5) is 10.1 Å². The fourth-order valence-corrected chi connectivity index (χ4v) is 4.54. The molecule has 148 valence electrons. The molecule has 0 bridgehead atoms. The SMILES string of the molecule is O=C(N1CCN(c2ccccc2F)CC1)C1(c2ccc(Br)cc2)CCOCC1. The van der Waals surface area contributed by atoms with E-state index in [4.69, 9.17) is 4.74 Å². The van der Waals surface area contributed by atoms with Crippen LogP contribution >= 0.6 is 15.9 Å². The Morgan fingerprint density at radius 2 is 1.61 bits per heavy atom. The third-order valence-electron chi connectivity index (χ3n) is 5.91. The number of rotatable bonds is 3. The highest BCUT2D eigenvalue weighted by molar-refractivity contribution is 9.10. The summed E-state index contributed by atoms with van der Waals surface area (Å²) < 4.78 is 20.7. The van der Waals surface area contributed by atoms with Gasteiger partial charge < -0.3 is 14.5 Å². The van der Waals surface area contributed by atoms with E-state index in [-0.39, 0.29) is 11.7 Å². The molecule has 0 unspecified atom stereocenters. The van der Waals surface area contributed by atoms with Crippen LogP contribution in [0, 0.1) is 5.82 Å². The zero-order valence-electron chi connectivity index (χ0n) is 15.7. The number of halogens is 2. The lowest BCUT2D eigenvalue weighted by molar-refractivity contribution is -0.141. The van der Waals surface area contributed by atoms with Crippen LogP contribution in [0.1, 0.15) is 18.4 Å². The third kappa shape index (κ3) is 3.67. The number of benzene rings is 2. The fraction of sp³-hybridized carbons (Fsp3) is 0.409. The molecule has 0 atom stereocenters. The number of nitrogens with zero attached hydrogens (tertiary/aromatic N) is 2. The van der Waals surface area contributed by atoms with Gasteiger partial charge in [0.05, 0.1) is 11.1 Å². The molecule has 4 nitrogen and oxygen atoms in total. The summed E-state index contributed by atoms with van der Waals surface area (Å²) in [6, 6.07) is 14.9. The van der Waals surface area contributed by atoms with Crippen molar-refractivity contribution < 1.29 is 13.9 Å². The maximum absolute atomic E-state index is 14.1. The molecule has 6 heteroatoms. The molecular formula is C22H24BrFN2O2. The quantitative estimate of drug-likeness (QED) is 0.714. The number of carbonyl (C=O) groups excluding carboxylic acids is 1. The van der Waals surface area contributed by atoms with Gasteiger partial charge >= 0.3 is 0 Å². The van der Waals surface area contributed by atoms with E-state index in [1.807, 2.05) is 40.1 Å². The molecule has 2 aliphatic rings. The maximum atomic E-state index is 14.1. The molecule has 4 rings (SSSR count). The summed E-state index contributed by atoms with van der Waals surface area (Å²) in [4.78, 5) is 17.6. The molecule has 0 spiro atoms. The summed E-state index contributed by atoms with van der Waals surface area (Å²) in [7, 11) is 0. The van der Waals surface area contributed by atoms with Gasteiger partial charge in [-0.3, -0.25) is 4.79 Å². The summed E-state index contributed by atoms with van der Waals surface area (Å²) in [6.45, 7) is 3.67. The van der Waals surface area contributed by atoms with Crippen molar-refractivity contribution in [3.8, 4) is 0 Å². The van der Waals surface area contributed by atoms with Gasteiger partial charge in [0.2, 0.25) is 5.91 Å². The first kappa shape index (κ1) is 19.4. The first-order valence-corrected chi connectivity index (χ1v) is 10.5. The largest absolute Gasteiger partial charge is 0.381 e. The van der Waals surface area contributed by atoms with E-state index < -0.39 is 5.41 Å². The van der Waals surface area contributed by atoms with Crippen molar-refractivity contribution in [3.63, 3.8) is 0 Å². The normalized spacial score (nSPS) is 19.5. The van der Waals surface area contributed by atoms with E-state index >= 15 is 0 Å². The second-order valence-electron chi connectivity index (χ2n) is 7.43. The van der Waals surface area contributed by atoms with E-state index in [0.717, 1.165) is 10.0 Å². The lowest BCUT2D eigenvalue weighted by Gasteiger charge is -2.43. The van der Waals surface area contributed by atoms with Crippen molar-refractivity contribution >= 4 is 27.5 Å². The molecule has 2 aromatic carbocycles. The predicted octanol–water partition coefficient (Wildman–Crippen LogP) is 3.99. The average Bonchev–Trinajstić information content (AvgIpc) is 2.75. The van der Waals surface area contributed by atoms with Gasteiger partial charge in [0.15, 0.2) is 0 Å². The van der Waals surface area contributed by atoms with Crippen molar-refractivity contribution in [1.82, 2.24) is 4.90 Å². The van der Waals surface area contributed by atoms with E-state index in [1.165, 1.54) is 6.07 Å². The number of carbonyl (C=O) groups is 1. The molecule has 2 saturated heterocycles. The van der Waals surface area contributed by atoms with Crippen LogP contribution in [-0.2, 0) is 14.9 Å². The number of piperazine rings is 1. The lowest BCUT2D eigenvalue weighted by Crippen LogP contribution is -2.56. The molecule has 28 heavy (non-hydrogen) atoms. The Hall–Kier alpha value is -1.92. The van der Waals surface area contributed by atoms with Gasteiger partial charge in [-0.1, -0.05) is 40.2 Å². The molecule has 0 aromatic heterocycles. The van der Waals surface area contributed by atoms with E-state index in [2.05, 4.69) is 15.9 Å². The first-order chi connectivity index (χ1) is 13.6. The number of hydrogen-bond acceptors (Lipinski definition) is 3. The van der Waals surface area contributed by atoms with Crippen LogP contribution in [0.25, 0.3) is 0 Å². The zero-order chi connectivity index (χ0) is 19.6. The Morgan fingerprint density at radius 3 is 2.25 bits per heavy atom. The van der Waals surface area contributed by atoms with E-state index in [0.29, 0.717) is 57.9 Å². The Bertz CT molecular complexity index is 829. The Morgan fingerprint density at radius 1 is 0.964 bits per heavy atom. The summed E-state index contributed by atoms with van der Waals surface area (Å²) in [6.07, 6.45) is 1.39. The van der Waals surface area contributed by atoms with Gasteiger partial charge in [-0.15, -0.1) is 0 Å². The van der Waals surface area contributed by atoms with E-state index in [9.17, 15) is 9.18 Å². The van der Waals surface area contributed by atoms with Gasteiger partial charge in [-0.25, -0.2) is 4.39 Å². The van der Waals surface area contributed by atoms with Crippen molar-refractivity contribution in [2.24, 2.45) is 0 Å². The van der Waals surface area contributed by atoms with Gasteiger partial charge in [0.1, 0.15) is 5.82 Å². The molecule has 0 radical (unpaired) electrons. The minimum atomic E-state index is -0.529. The highest BCUT2D eigenvalue weighted by Gasteiger charge is 2.44. The van der Waals surface area contributed by atoms with Crippen LogP contribution in [0.15, 0.2) is 53.0 Å². The molecule has 2 fully saturated rings. The number of amides is 1. The Labute approximate surface area is 173 Å². The first-order valence-electron chi connectivity index (χ1n) is 9.73. The minimum absolute atomic E-state index is 0.173. The Balaban J connectivity index is 1.52. The Kier molecular flexibility index (Phi) is 5.69. The van der Waals surface area contributed by atoms with Gasteiger partial charge in [-0.2, -0.15) is 0 Å². The molecule has 1 amide bonds.